The number of hydrogen-bond donors (Lipinski definition) is 7. The molecule has 0 saturated heterocycles. The molecule has 0 amide bonds. The molecule has 9 N–H and O–H groups in total. The standard InChI is InChI=1S/C6H6N2O2.C6H12O7.Mn/c9-6(10)2-1-5-3-7-4-8-5;7-1-2(8)3(9)4(10)5(11)6(12)13;/h1-4H,(H,7,8)(H,9,10);2-5,7-11H,1H2,(H,12,13);/p+1/b2-1-;;. The van der Waals surface area contributed by atoms with Crippen LogP contribution in [0.4, 0.5) is 0 Å². The quantitative estimate of drug-likeness (QED) is 0.141. The number of nitrogens with zero attached hydrogens (tertiary/aromatic N) is 1. The molecule has 4 atom stereocenters. The molecule has 1 heterocycles. The van der Waals surface area contributed by atoms with E-state index in [0.29, 0.717) is 5.69 Å². The zero-order valence-corrected chi connectivity index (χ0v) is 13.3. The number of aliphatic hydroxyl groups is 4. The Bertz CT molecular complexity index is 509. The second-order valence-corrected chi connectivity index (χ2v) is 4.21. The topological polar surface area (TPSA) is 207 Å². The van der Waals surface area contributed by atoms with Crippen molar-refractivity contribution in [3.05, 3.63) is 24.3 Å². The summed E-state index contributed by atoms with van der Waals surface area (Å²) in [5.41, 5.74) is 0.613. The largest absolute Gasteiger partial charge is 0.478 e. The average molecular weight is 390 g/mol. The van der Waals surface area contributed by atoms with Crippen LogP contribution in [0.3, 0.4) is 0 Å². The molecule has 4 unspecified atom stereocenters. The summed E-state index contributed by atoms with van der Waals surface area (Å²) in [6.07, 6.45) is -1.82. The Morgan fingerprint density at radius 1 is 1.25 bits per heavy atom. The van der Waals surface area contributed by atoms with Gasteiger partial charge >= 0.3 is 11.9 Å². The second kappa shape index (κ2) is 12.6. The van der Waals surface area contributed by atoms with Gasteiger partial charge in [0.1, 0.15) is 12.2 Å². The summed E-state index contributed by atoms with van der Waals surface area (Å²) in [5, 5.41) is 58.3. The van der Waals surface area contributed by atoms with Crippen LogP contribution in [0.5, 0.6) is 0 Å². The monoisotopic (exact) mass is 390 g/mol. The summed E-state index contributed by atoms with van der Waals surface area (Å²) in [6, 6.07) is 0. The van der Waals surface area contributed by atoms with Crippen LogP contribution < -0.4 is 0 Å². The summed E-state index contributed by atoms with van der Waals surface area (Å²) in [7, 11) is 0. The zero-order chi connectivity index (χ0) is 18.0. The number of rotatable bonds is 7. The van der Waals surface area contributed by atoms with Crippen molar-refractivity contribution in [3.8, 4) is 0 Å². The maximum Gasteiger partial charge on any atom is 0.387 e. The van der Waals surface area contributed by atoms with Crippen LogP contribution in [0.2, 0.25) is 0 Å². The minimum atomic E-state index is -1.95. The number of carboxylic acid groups (broad SMARTS) is 2. The van der Waals surface area contributed by atoms with Gasteiger partial charge in [0.25, 0.3) is 6.10 Å². The van der Waals surface area contributed by atoms with E-state index in [1.54, 1.807) is 6.20 Å². The Morgan fingerprint density at radius 2 is 1.83 bits per heavy atom. The number of aromatic nitrogens is 2. The van der Waals surface area contributed by atoms with Gasteiger partial charge in [-0.2, -0.15) is 0 Å². The van der Waals surface area contributed by atoms with Crippen molar-refractivity contribution in [1.29, 1.82) is 0 Å². The molecule has 12 heteroatoms. The van der Waals surface area contributed by atoms with Gasteiger partial charge in [-0.05, 0) is 6.08 Å². The number of hydrogen-bond acceptors (Lipinski definition) is 7. The number of carboxylic acids is 2. The number of aliphatic hydroxyl groups excluding tert-OH is 4. The molecule has 0 aliphatic carbocycles. The van der Waals surface area contributed by atoms with Crippen LogP contribution in [0.1, 0.15) is 5.69 Å². The van der Waals surface area contributed by atoms with E-state index in [4.69, 9.17) is 35.7 Å². The van der Waals surface area contributed by atoms with Crippen LogP contribution in [0.25, 0.3) is 6.08 Å². The van der Waals surface area contributed by atoms with Crippen LogP contribution in [-0.4, -0.2) is 88.7 Å². The van der Waals surface area contributed by atoms with E-state index in [9.17, 15) is 9.59 Å². The first-order valence-electron chi connectivity index (χ1n) is 6.19. The number of carbonyl (C=O) groups is 2. The summed E-state index contributed by atoms with van der Waals surface area (Å²) in [5.74, 6) is -2.58. The Labute approximate surface area is 146 Å². The average Bonchev–Trinajstić information content (AvgIpc) is 3.03. The van der Waals surface area contributed by atoms with E-state index in [1.165, 1.54) is 12.4 Å². The van der Waals surface area contributed by atoms with Crippen LogP contribution in [0, 0.1) is 0 Å². The summed E-state index contributed by atoms with van der Waals surface area (Å²) >= 11 is 0. The fourth-order valence-corrected chi connectivity index (χ4v) is 1.20. The number of aromatic amines is 1. The third kappa shape index (κ3) is 9.37. The molecular weight excluding hydrogens is 371 g/mol. The molecule has 0 bridgehead atoms. The molecule has 1 aromatic rings. The Morgan fingerprint density at radius 3 is 2.21 bits per heavy atom. The summed E-state index contributed by atoms with van der Waals surface area (Å²) in [4.78, 5) is 26.6. The molecule has 0 aliphatic heterocycles. The van der Waals surface area contributed by atoms with Crippen molar-refractivity contribution in [2.24, 2.45) is 0 Å². The Kier molecular flexibility index (Phi) is 12.9. The first kappa shape index (κ1) is 24.5. The number of H-pyrrole nitrogens is 1. The van der Waals surface area contributed by atoms with Gasteiger partial charge in [0.2, 0.25) is 0 Å². The van der Waals surface area contributed by atoms with Crippen molar-refractivity contribution >= 4 is 18.0 Å². The van der Waals surface area contributed by atoms with E-state index in [2.05, 4.69) is 9.97 Å². The van der Waals surface area contributed by atoms with Gasteiger partial charge in [0.05, 0.1) is 18.6 Å². The molecule has 11 nitrogen and oxygen atoms in total. The minimum absolute atomic E-state index is 0. The Hall–Kier alpha value is -1.79. The van der Waals surface area contributed by atoms with Crippen molar-refractivity contribution in [2.75, 3.05) is 6.61 Å². The fraction of sp³-hybridized carbons (Fsp3) is 0.417. The molecule has 24 heavy (non-hydrogen) atoms. The molecule has 0 spiro atoms. The molecule has 1 rings (SSSR count). The van der Waals surface area contributed by atoms with Gasteiger partial charge in [-0.3, -0.25) is 0 Å². The SMILES string of the molecule is O=C(O)/C=C\c1c[nH]cn1.O=C(O)C([OH2+])C(O)C(O)C(O)CO.[Mn]. The molecule has 0 aromatic carbocycles. The second-order valence-electron chi connectivity index (χ2n) is 4.21. The van der Waals surface area contributed by atoms with Crippen LogP contribution in [-0.2, 0) is 26.7 Å². The van der Waals surface area contributed by atoms with Crippen molar-refractivity contribution in [1.82, 2.24) is 9.97 Å². The smallest absolute Gasteiger partial charge is 0.387 e. The molecule has 137 valence electrons. The Balaban J connectivity index is 0. The van der Waals surface area contributed by atoms with Gasteiger partial charge in [-0.25, -0.2) is 14.6 Å². The van der Waals surface area contributed by atoms with Crippen LogP contribution >= 0.6 is 0 Å². The van der Waals surface area contributed by atoms with Gasteiger partial charge in [-0.15, -0.1) is 0 Å². The summed E-state index contributed by atoms with van der Waals surface area (Å²) in [6.45, 7) is -0.815. The van der Waals surface area contributed by atoms with Crippen molar-refractivity contribution in [2.45, 2.75) is 24.4 Å². The van der Waals surface area contributed by atoms with Crippen molar-refractivity contribution in [3.63, 3.8) is 0 Å². The molecule has 0 fully saturated rings. The van der Waals surface area contributed by atoms with Crippen LogP contribution in [0.15, 0.2) is 18.6 Å². The predicted molar refractivity (Wildman–Crippen MR) is 75.4 cm³/mol. The maximum atomic E-state index is 10.2. The maximum absolute atomic E-state index is 10.2. The molecule has 0 aliphatic rings. The van der Waals surface area contributed by atoms with E-state index in [0.717, 1.165) is 6.08 Å². The number of aliphatic carboxylic acids is 2. The van der Waals surface area contributed by atoms with Crippen molar-refractivity contribution < 1.29 is 62.4 Å². The minimum Gasteiger partial charge on any atom is -0.478 e. The number of imidazole rings is 1. The first-order valence-corrected chi connectivity index (χ1v) is 6.19. The first-order chi connectivity index (χ1) is 10.7. The molecule has 1 aromatic heterocycles. The normalized spacial score (nSPS) is 15.4. The van der Waals surface area contributed by atoms with Gasteiger partial charge < -0.3 is 40.7 Å². The molecular formula is C12H19MnN2O9+. The third-order valence-electron chi connectivity index (χ3n) is 2.45. The van der Waals surface area contributed by atoms with E-state index in [-0.39, 0.29) is 17.1 Å². The number of nitrogens with one attached hydrogen (secondary N) is 1. The van der Waals surface area contributed by atoms with E-state index < -0.39 is 43.0 Å². The molecule has 1 radical (unpaired) electrons. The fourth-order valence-electron chi connectivity index (χ4n) is 1.20. The zero-order valence-electron chi connectivity index (χ0n) is 12.2. The van der Waals surface area contributed by atoms with Gasteiger partial charge in [0, 0.05) is 29.3 Å². The van der Waals surface area contributed by atoms with Gasteiger partial charge in [0.15, 0.2) is 6.10 Å². The molecule has 0 saturated carbocycles. The predicted octanol–water partition coefficient (Wildman–Crippen LogP) is -3.26. The third-order valence-corrected chi connectivity index (χ3v) is 2.45. The van der Waals surface area contributed by atoms with Gasteiger partial charge in [-0.1, -0.05) is 0 Å². The summed E-state index contributed by atoms with van der Waals surface area (Å²) < 4.78 is 0. The van der Waals surface area contributed by atoms with E-state index in [1.807, 2.05) is 0 Å². The van der Waals surface area contributed by atoms with E-state index >= 15 is 0 Å².